The zero-order chi connectivity index (χ0) is 18.4. The number of nitrogens with zero attached hydrogens (tertiary/aromatic N) is 1. The highest BCUT2D eigenvalue weighted by Crippen LogP contribution is 2.13. The zero-order valence-corrected chi connectivity index (χ0v) is 15.5. The first-order chi connectivity index (χ1) is 12.6. The van der Waals surface area contributed by atoms with Crippen molar-refractivity contribution in [2.75, 3.05) is 0 Å². The molecule has 0 aliphatic heterocycles. The van der Waals surface area contributed by atoms with Crippen molar-refractivity contribution in [3.63, 3.8) is 0 Å². The van der Waals surface area contributed by atoms with Gasteiger partial charge < -0.3 is 4.43 Å². The number of benzene rings is 3. The maximum atomic E-state index is 11.0. The zero-order valence-electron chi connectivity index (χ0n) is 14.5. The molecule has 0 N–H and O–H groups in total. The van der Waals surface area contributed by atoms with E-state index in [4.69, 9.17) is 4.43 Å². The lowest BCUT2D eigenvalue weighted by molar-refractivity contribution is -0.444. The lowest BCUT2D eigenvalue weighted by atomic mass is 10.3. The van der Waals surface area contributed by atoms with Gasteiger partial charge in [0.05, 0.1) is 0 Å². The minimum Gasteiger partial charge on any atom is -0.426 e. The molecule has 1 atom stereocenters. The van der Waals surface area contributed by atoms with Gasteiger partial charge in [0, 0.05) is 0 Å². The van der Waals surface area contributed by atoms with Crippen LogP contribution in [0.2, 0.25) is 0 Å². The van der Waals surface area contributed by atoms with Gasteiger partial charge in [-0.05, 0) is 28.2 Å². The Morgan fingerprint density at radius 3 is 1.46 bits per heavy atom. The Labute approximate surface area is 154 Å². The van der Waals surface area contributed by atoms with E-state index in [-0.39, 0.29) is 0 Å². The number of hydrogen-bond acceptors (Lipinski definition) is 3. The predicted molar refractivity (Wildman–Crippen MR) is 106 cm³/mol. The van der Waals surface area contributed by atoms with Crippen LogP contribution in [-0.4, -0.2) is 19.3 Å². The van der Waals surface area contributed by atoms with E-state index in [1.54, 1.807) is 6.92 Å². The highest BCUT2D eigenvalue weighted by molar-refractivity contribution is 7.07. The fourth-order valence-electron chi connectivity index (χ4n) is 3.20. The Morgan fingerprint density at radius 2 is 1.15 bits per heavy atom. The Balaban J connectivity index is 2.23. The quantitative estimate of drug-likeness (QED) is 0.213. The van der Waals surface area contributed by atoms with Gasteiger partial charge in [-0.1, -0.05) is 97.9 Å². The molecule has 0 saturated heterocycles. The summed E-state index contributed by atoms with van der Waals surface area (Å²) in [6.45, 7) is 2.73. The smallest absolute Gasteiger partial charge is 0.286 e. The molecule has 3 aromatic carbocycles. The highest BCUT2D eigenvalue weighted by Gasteiger charge is 2.42. The van der Waals surface area contributed by atoms with Crippen molar-refractivity contribution in [1.82, 2.24) is 0 Å². The van der Waals surface area contributed by atoms with Crippen LogP contribution in [0.5, 0.6) is 0 Å². The maximum absolute atomic E-state index is 11.0. The van der Waals surface area contributed by atoms with Crippen LogP contribution in [0, 0.1) is 16.7 Å². The van der Waals surface area contributed by atoms with Crippen molar-refractivity contribution in [1.29, 1.82) is 0 Å². The molecule has 3 rings (SSSR count). The van der Waals surface area contributed by atoms with Crippen LogP contribution in [-0.2, 0) is 4.43 Å². The van der Waals surface area contributed by atoms with Crippen LogP contribution in [0.1, 0.15) is 6.92 Å². The largest absolute Gasteiger partial charge is 0.426 e. The molecule has 1 unspecified atom stereocenters. The monoisotopic (exact) mass is 362 g/mol. The average molecular weight is 362 g/mol. The Kier molecular flexibility index (Phi) is 5.51. The van der Waals surface area contributed by atoms with Gasteiger partial charge in [-0.3, -0.25) is 10.1 Å². The lowest BCUT2D eigenvalue weighted by Gasteiger charge is -2.37. The molecule has 0 saturated carbocycles. The van der Waals surface area contributed by atoms with Gasteiger partial charge in [-0.15, -0.1) is 4.92 Å². The van der Waals surface area contributed by atoms with Crippen molar-refractivity contribution in [2.45, 2.75) is 13.0 Å². The first-order valence-corrected chi connectivity index (χ1v) is 10.4. The second-order valence-electron chi connectivity index (χ2n) is 6.04. The predicted octanol–water partition coefficient (Wildman–Crippen LogP) is 2.50. The first kappa shape index (κ1) is 17.9. The third-order valence-corrected chi connectivity index (χ3v) is 8.40. The van der Waals surface area contributed by atoms with E-state index in [9.17, 15) is 10.1 Å². The molecule has 0 fully saturated rings. The van der Waals surface area contributed by atoms with Gasteiger partial charge in [0.1, 0.15) is 0 Å². The van der Waals surface area contributed by atoms with E-state index in [2.05, 4.69) is 0 Å². The SMILES string of the molecule is CC([CH-][N+](=O)[O-])O[Si](c1ccccc1)(c1ccccc1)c1ccccc1. The summed E-state index contributed by atoms with van der Waals surface area (Å²) in [5, 5.41) is 14.2. The van der Waals surface area contributed by atoms with E-state index in [1.165, 1.54) is 0 Å². The van der Waals surface area contributed by atoms with Crippen molar-refractivity contribution in [2.24, 2.45) is 0 Å². The van der Waals surface area contributed by atoms with Gasteiger partial charge in [-0.2, -0.15) is 0 Å². The summed E-state index contributed by atoms with van der Waals surface area (Å²) in [6, 6.07) is 30.1. The fraction of sp³-hybridized carbons (Fsp3) is 0.0952. The third-order valence-electron chi connectivity index (χ3n) is 4.24. The lowest BCUT2D eigenvalue weighted by Crippen LogP contribution is -2.70. The van der Waals surface area contributed by atoms with Crippen LogP contribution < -0.4 is 15.6 Å². The molecule has 0 bridgehead atoms. The van der Waals surface area contributed by atoms with E-state index in [1.807, 2.05) is 91.0 Å². The van der Waals surface area contributed by atoms with Crippen molar-refractivity contribution < 1.29 is 9.35 Å². The molecule has 0 aliphatic carbocycles. The number of hydrogen-bond donors (Lipinski definition) is 0. The summed E-state index contributed by atoms with van der Waals surface area (Å²) in [6.07, 6.45) is -0.628. The minimum absolute atomic E-state index is 0.440. The van der Waals surface area contributed by atoms with Gasteiger partial charge in [0.2, 0.25) is 0 Å². The van der Waals surface area contributed by atoms with Crippen LogP contribution in [0.3, 0.4) is 0 Å². The second-order valence-corrected chi connectivity index (χ2v) is 9.37. The topological polar surface area (TPSA) is 52.4 Å². The van der Waals surface area contributed by atoms with Gasteiger partial charge in [0.25, 0.3) is 8.32 Å². The summed E-state index contributed by atoms with van der Waals surface area (Å²) >= 11 is 0. The minimum atomic E-state index is -2.89. The molecule has 0 aliphatic rings. The van der Waals surface area contributed by atoms with Crippen molar-refractivity contribution >= 4 is 23.9 Å². The molecule has 0 spiro atoms. The molecular formula is C21H20NO3Si-. The molecule has 26 heavy (non-hydrogen) atoms. The molecule has 0 amide bonds. The highest BCUT2D eigenvalue weighted by atomic mass is 28.4. The van der Waals surface area contributed by atoms with Crippen LogP contribution in [0.4, 0.5) is 0 Å². The molecule has 3 aromatic rings. The Morgan fingerprint density at radius 1 is 0.808 bits per heavy atom. The summed E-state index contributed by atoms with van der Waals surface area (Å²) in [4.78, 5) is 10.6. The van der Waals surface area contributed by atoms with Gasteiger partial charge >= 0.3 is 0 Å². The maximum Gasteiger partial charge on any atom is 0.286 e. The van der Waals surface area contributed by atoms with Crippen LogP contribution >= 0.6 is 0 Å². The molecule has 5 heteroatoms. The van der Waals surface area contributed by atoms with E-state index < -0.39 is 19.3 Å². The second kappa shape index (κ2) is 7.99. The Bertz CT molecular complexity index is 744. The molecule has 132 valence electrons. The standard InChI is InChI=1S/C21H20NO3Si/c1-18(17-22(23)24)25-26(19-11-5-2-6-12-19,20-13-7-3-8-14-20)21-15-9-4-10-16-21/h2-18H,1H3/q-1. The van der Waals surface area contributed by atoms with Crippen LogP contribution in [0.25, 0.3) is 0 Å². The van der Waals surface area contributed by atoms with Crippen LogP contribution in [0.15, 0.2) is 91.0 Å². The fourth-order valence-corrected chi connectivity index (χ4v) is 7.22. The van der Waals surface area contributed by atoms with E-state index >= 15 is 0 Å². The Hall–Kier alpha value is -2.89. The average Bonchev–Trinajstić information content (AvgIpc) is 2.67. The normalized spacial score (nSPS) is 12.3. The summed E-state index contributed by atoms with van der Waals surface area (Å²) in [5.74, 6) is 0. The summed E-state index contributed by atoms with van der Waals surface area (Å²) in [5.41, 5.74) is 0. The molecule has 0 aromatic heterocycles. The van der Waals surface area contributed by atoms with Crippen molar-refractivity contribution in [3.05, 3.63) is 108 Å². The molecule has 0 radical (unpaired) electrons. The first-order valence-electron chi connectivity index (χ1n) is 8.46. The molecule has 4 nitrogen and oxygen atoms in total. The number of nitro groups is 1. The number of rotatable bonds is 7. The van der Waals surface area contributed by atoms with Gasteiger partial charge in [0.15, 0.2) is 0 Å². The molecule has 0 heterocycles. The summed E-state index contributed by atoms with van der Waals surface area (Å²) in [7, 11) is -2.89. The molecular weight excluding hydrogens is 342 g/mol. The van der Waals surface area contributed by atoms with E-state index in [0.717, 1.165) is 22.1 Å². The van der Waals surface area contributed by atoms with Crippen molar-refractivity contribution in [3.8, 4) is 0 Å². The van der Waals surface area contributed by atoms with E-state index in [0.29, 0.717) is 0 Å². The van der Waals surface area contributed by atoms with Gasteiger partial charge in [-0.25, -0.2) is 0 Å². The summed E-state index contributed by atoms with van der Waals surface area (Å²) < 4.78 is 6.55. The third kappa shape index (κ3) is 3.69.